The van der Waals surface area contributed by atoms with E-state index in [2.05, 4.69) is 15.5 Å². The van der Waals surface area contributed by atoms with Crippen LogP contribution in [0.5, 0.6) is 0 Å². The van der Waals surface area contributed by atoms with Gasteiger partial charge in [-0.2, -0.15) is 0 Å². The first-order valence-corrected chi connectivity index (χ1v) is 6.74. The average Bonchev–Trinajstić information content (AvgIpc) is 2.84. The van der Waals surface area contributed by atoms with Crippen LogP contribution in [0.2, 0.25) is 0 Å². The van der Waals surface area contributed by atoms with Crippen molar-refractivity contribution in [1.82, 2.24) is 25.1 Å². The smallest absolute Gasteiger partial charge is 0.311 e. The maximum absolute atomic E-state index is 11.6. The zero-order valence-electron chi connectivity index (χ0n) is 11.9. The number of hydrogen-bond acceptors (Lipinski definition) is 6. The van der Waals surface area contributed by atoms with E-state index in [0.717, 1.165) is 12.4 Å². The maximum Gasteiger partial charge on any atom is 0.311 e. The number of rotatable bonds is 6. The third-order valence-corrected chi connectivity index (χ3v) is 3.74. The Morgan fingerprint density at radius 2 is 2.15 bits per heavy atom. The lowest BCUT2D eigenvalue weighted by Gasteiger charge is -2.32. The Morgan fingerprint density at radius 3 is 2.75 bits per heavy atom. The zero-order chi connectivity index (χ0) is 14.6. The molecule has 0 atom stereocenters. The summed E-state index contributed by atoms with van der Waals surface area (Å²) < 4.78 is 6.90. The first-order chi connectivity index (χ1) is 9.53. The molecule has 1 aliphatic rings. The van der Waals surface area contributed by atoms with Crippen LogP contribution in [0.25, 0.3) is 0 Å². The van der Waals surface area contributed by atoms with Crippen LogP contribution >= 0.6 is 0 Å². The highest BCUT2D eigenvalue weighted by Crippen LogP contribution is 2.32. The van der Waals surface area contributed by atoms with E-state index >= 15 is 0 Å². The number of carboxylic acids is 1. The van der Waals surface area contributed by atoms with Gasteiger partial charge in [0.25, 0.3) is 0 Å². The number of likely N-dealkylation sites (N-methyl/N-ethyl adjacent to an activating group) is 1. The molecule has 0 saturated carbocycles. The Kier molecular flexibility index (Phi) is 4.66. The Labute approximate surface area is 117 Å². The Hall–Kier alpha value is -1.54. The van der Waals surface area contributed by atoms with Crippen LogP contribution in [0.1, 0.15) is 18.7 Å². The summed E-state index contributed by atoms with van der Waals surface area (Å²) >= 11 is 0. The quantitative estimate of drug-likeness (QED) is 0.763. The Balaban J connectivity index is 2.11. The van der Waals surface area contributed by atoms with Crippen LogP contribution in [0.15, 0.2) is 0 Å². The monoisotopic (exact) mass is 283 g/mol. The average molecular weight is 283 g/mol. The molecule has 0 aromatic carbocycles. The van der Waals surface area contributed by atoms with E-state index in [1.165, 1.54) is 0 Å². The van der Waals surface area contributed by atoms with Crippen LogP contribution in [0.4, 0.5) is 0 Å². The van der Waals surface area contributed by atoms with E-state index in [4.69, 9.17) is 4.74 Å². The molecule has 2 heterocycles. The summed E-state index contributed by atoms with van der Waals surface area (Å²) in [5, 5.41) is 21.2. The molecule has 112 valence electrons. The lowest BCUT2D eigenvalue weighted by atomic mass is 9.80. The van der Waals surface area contributed by atoms with Crippen molar-refractivity contribution in [3.05, 3.63) is 5.82 Å². The molecule has 1 aromatic rings. The molecule has 0 bridgehead atoms. The zero-order valence-corrected chi connectivity index (χ0v) is 11.9. The number of ether oxygens (including phenoxy) is 1. The van der Waals surface area contributed by atoms with Gasteiger partial charge in [-0.3, -0.25) is 4.79 Å². The number of carbonyl (C=O) groups is 1. The topological polar surface area (TPSA) is 93.4 Å². The molecular formula is C12H21N5O3. The minimum atomic E-state index is -0.819. The lowest BCUT2D eigenvalue weighted by Crippen LogP contribution is -2.41. The van der Waals surface area contributed by atoms with Gasteiger partial charge in [0, 0.05) is 26.2 Å². The summed E-state index contributed by atoms with van der Waals surface area (Å²) in [6.45, 7) is 2.08. The molecule has 2 rings (SSSR count). The summed E-state index contributed by atoms with van der Waals surface area (Å²) in [6.07, 6.45) is 1.69. The molecule has 1 saturated heterocycles. The molecule has 0 radical (unpaired) electrons. The largest absolute Gasteiger partial charge is 0.481 e. The molecule has 8 heteroatoms. The highest BCUT2D eigenvalue weighted by Gasteiger charge is 2.41. The predicted molar refractivity (Wildman–Crippen MR) is 70.2 cm³/mol. The van der Waals surface area contributed by atoms with Crippen molar-refractivity contribution < 1.29 is 14.6 Å². The number of aliphatic carboxylic acids is 1. The van der Waals surface area contributed by atoms with Gasteiger partial charge in [-0.05, 0) is 37.4 Å². The molecule has 1 fully saturated rings. The number of hydrogen-bond donors (Lipinski definition) is 1. The van der Waals surface area contributed by atoms with Crippen molar-refractivity contribution in [3.63, 3.8) is 0 Å². The van der Waals surface area contributed by atoms with Crippen molar-refractivity contribution in [3.8, 4) is 0 Å². The van der Waals surface area contributed by atoms with Gasteiger partial charge in [0.05, 0.1) is 12.0 Å². The normalized spacial score (nSPS) is 18.4. The van der Waals surface area contributed by atoms with Gasteiger partial charge in [0.1, 0.15) is 0 Å². The summed E-state index contributed by atoms with van der Waals surface area (Å²) in [7, 11) is 3.96. The van der Waals surface area contributed by atoms with Crippen molar-refractivity contribution in [2.45, 2.75) is 25.8 Å². The van der Waals surface area contributed by atoms with Crippen LogP contribution in [0, 0.1) is 5.41 Å². The van der Waals surface area contributed by atoms with Crippen LogP contribution in [-0.4, -0.2) is 70.0 Å². The van der Waals surface area contributed by atoms with E-state index in [9.17, 15) is 9.90 Å². The number of carboxylic acid groups (broad SMARTS) is 1. The summed E-state index contributed by atoms with van der Waals surface area (Å²) in [6, 6.07) is 0. The molecule has 0 aliphatic carbocycles. The summed E-state index contributed by atoms with van der Waals surface area (Å²) in [4.78, 5) is 13.7. The SMILES string of the molecule is CN(C)CCc1nnnn1CC1(C(=O)O)CCOCC1. The van der Waals surface area contributed by atoms with Crippen molar-refractivity contribution in [2.75, 3.05) is 33.9 Å². The van der Waals surface area contributed by atoms with E-state index < -0.39 is 11.4 Å². The van der Waals surface area contributed by atoms with E-state index in [1.807, 2.05) is 19.0 Å². The van der Waals surface area contributed by atoms with E-state index in [-0.39, 0.29) is 0 Å². The molecular weight excluding hydrogens is 262 g/mol. The molecule has 8 nitrogen and oxygen atoms in total. The van der Waals surface area contributed by atoms with Crippen LogP contribution in [0.3, 0.4) is 0 Å². The van der Waals surface area contributed by atoms with E-state index in [0.29, 0.717) is 39.0 Å². The fourth-order valence-electron chi connectivity index (χ4n) is 2.34. The lowest BCUT2D eigenvalue weighted by molar-refractivity contribution is -0.156. The fourth-order valence-corrected chi connectivity index (χ4v) is 2.34. The first kappa shape index (κ1) is 14.9. The Bertz CT molecular complexity index is 454. The summed E-state index contributed by atoms with van der Waals surface area (Å²) in [5.41, 5.74) is -0.819. The maximum atomic E-state index is 11.6. The molecule has 1 N–H and O–H groups in total. The third-order valence-electron chi connectivity index (χ3n) is 3.74. The van der Waals surface area contributed by atoms with Crippen LogP contribution < -0.4 is 0 Å². The van der Waals surface area contributed by atoms with Gasteiger partial charge in [0.2, 0.25) is 0 Å². The highest BCUT2D eigenvalue weighted by atomic mass is 16.5. The number of aromatic nitrogens is 4. The third kappa shape index (κ3) is 3.31. The van der Waals surface area contributed by atoms with Gasteiger partial charge >= 0.3 is 5.97 Å². The van der Waals surface area contributed by atoms with Crippen molar-refractivity contribution in [2.24, 2.45) is 5.41 Å². The second kappa shape index (κ2) is 6.27. The predicted octanol–water partition coefficient (Wildman–Crippen LogP) is -0.341. The second-order valence-electron chi connectivity index (χ2n) is 5.50. The molecule has 1 aromatic heterocycles. The first-order valence-electron chi connectivity index (χ1n) is 6.74. The molecule has 0 amide bonds. The minimum absolute atomic E-state index is 0.307. The number of nitrogens with zero attached hydrogens (tertiary/aromatic N) is 5. The van der Waals surface area contributed by atoms with E-state index in [1.54, 1.807) is 4.68 Å². The molecule has 20 heavy (non-hydrogen) atoms. The minimum Gasteiger partial charge on any atom is -0.481 e. The van der Waals surface area contributed by atoms with Gasteiger partial charge in [0.15, 0.2) is 5.82 Å². The van der Waals surface area contributed by atoms with Gasteiger partial charge in [-0.1, -0.05) is 0 Å². The molecule has 1 aliphatic heterocycles. The highest BCUT2D eigenvalue weighted by molar-refractivity contribution is 5.74. The van der Waals surface area contributed by atoms with Gasteiger partial charge in [-0.25, -0.2) is 4.68 Å². The van der Waals surface area contributed by atoms with Crippen molar-refractivity contribution in [1.29, 1.82) is 0 Å². The van der Waals surface area contributed by atoms with Crippen molar-refractivity contribution >= 4 is 5.97 Å². The molecule has 0 spiro atoms. The second-order valence-corrected chi connectivity index (χ2v) is 5.50. The Morgan fingerprint density at radius 1 is 1.45 bits per heavy atom. The summed E-state index contributed by atoms with van der Waals surface area (Å²) in [5.74, 6) is -0.0688. The van der Waals surface area contributed by atoms with Gasteiger partial charge in [-0.15, -0.1) is 5.10 Å². The standard InChI is InChI=1S/C12H21N5O3/c1-16(2)6-3-10-13-14-15-17(10)9-12(11(18)19)4-7-20-8-5-12/h3-9H2,1-2H3,(H,18,19). The van der Waals surface area contributed by atoms with Gasteiger partial charge < -0.3 is 14.7 Å². The van der Waals surface area contributed by atoms with Crippen LogP contribution in [-0.2, 0) is 22.5 Å². The number of tetrazole rings is 1. The molecule has 0 unspecified atom stereocenters. The fraction of sp³-hybridized carbons (Fsp3) is 0.833.